The van der Waals surface area contributed by atoms with E-state index in [-0.39, 0.29) is 18.1 Å². The van der Waals surface area contributed by atoms with Gasteiger partial charge in [0.25, 0.3) is 5.91 Å². The second-order valence-corrected chi connectivity index (χ2v) is 5.78. The lowest BCUT2D eigenvalue weighted by molar-refractivity contribution is -0.139. The number of carboxylic acids is 1. The molecule has 0 saturated carbocycles. The van der Waals surface area contributed by atoms with Crippen LogP contribution in [0.1, 0.15) is 28.4 Å². The molecular formula is C19H19NO5. The van der Waals surface area contributed by atoms with Crippen molar-refractivity contribution in [2.45, 2.75) is 18.6 Å². The summed E-state index contributed by atoms with van der Waals surface area (Å²) >= 11 is 0. The van der Waals surface area contributed by atoms with E-state index in [1.54, 1.807) is 24.3 Å². The Morgan fingerprint density at radius 3 is 2.52 bits per heavy atom. The SMILES string of the molecule is O=C(O)COc1ccc(C(=O)N[C@@H]2CCO[C@H]2c2ccccc2)cc1. The number of carbonyl (C=O) groups excluding carboxylic acids is 1. The molecule has 0 bridgehead atoms. The van der Waals surface area contributed by atoms with E-state index < -0.39 is 12.6 Å². The van der Waals surface area contributed by atoms with Crippen LogP contribution in [0.15, 0.2) is 54.6 Å². The molecule has 0 aromatic heterocycles. The Morgan fingerprint density at radius 2 is 1.84 bits per heavy atom. The molecule has 0 spiro atoms. The summed E-state index contributed by atoms with van der Waals surface area (Å²) in [6.07, 6.45) is 0.605. The van der Waals surface area contributed by atoms with Crippen molar-refractivity contribution in [3.8, 4) is 5.75 Å². The lowest BCUT2D eigenvalue weighted by Gasteiger charge is -2.20. The normalized spacial score (nSPS) is 19.4. The quantitative estimate of drug-likeness (QED) is 0.843. The first-order valence-corrected chi connectivity index (χ1v) is 8.05. The summed E-state index contributed by atoms with van der Waals surface area (Å²) < 4.78 is 10.8. The molecule has 1 amide bonds. The minimum absolute atomic E-state index is 0.0853. The molecule has 2 aromatic rings. The summed E-state index contributed by atoms with van der Waals surface area (Å²) in [6, 6.07) is 16.1. The Bertz CT molecular complexity index is 729. The molecule has 130 valence electrons. The largest absolute Gasteiger partial charge is 0.482 e. The fourth-order valence-electron chi connectivity index (χ4n) is 2.81. The maximum atomic E-state index is 12.5. The molecule has 2 N–H and O–H groups in total. The zero-order chi connectivity index (χ0) is 17.6. The third kappa shape index (κ3) is 4.36. The molecule has 3 rings (SSSR count). The molecule has 1 fully saturated rings. The molecule has 2 atom stereocenters. The van der Waals surface area contributed by atoms with Crippen molar-refractivity contribution < 1.29 is 24.2 Å². The van der Waals surface area contributed by atoms with Crippen molar-refractivity contribution in [1.82, 2.24) is 5.32 Å². The summed E-state index contributed by atoms with van der Waals surface area (Å²) in [5.74, 6) is -0.832. The van der Waals surface area contributed by atoms with Crippen LogP contribution in [0.5, 0.6) is 5.75 Å². The van der Waals surface area contributed by atoms with Crippen LogP contribution in [0.2, 0.25) is 0 Å². The highest BCUT2D eigenvalue weighted by Gasteiger charge is 2.30. The Kier molecular flexibility index (Phi) is 5.30. The van der Waals surface area contributed by atoms with Gasteiger partial charge in [-0.25, -0.2) is 4.79 Å². The zero-order valence-electron chi connectivity index (χ0n) is 13.6. The van der Waals surface area contributed by atoms with Crippen LogP contribution >= 0.6 is 0 Å². The maximum absolute atomic E-state index is 12.5. The molecular weight excluding hydrogens is 322 g/mol. The van der Waals surface area contributed by atoms with Gasteiger partial charge in [0, 0.05) is 12.2 Å². The van der Waals surface area contributed by atoms with Gasteiger partial charge in [-0.05, 0) is 36.2 Å². The Morgan fingerprint density at radius 1 is 1.12 bits per heavy atom. The number of aliphatic carboxylic acids is 1. The van der Waals surface area contributed by atoms with E-state index in [1.807, 2.05) is 30.3 Å². The molecule has 1 heterocycles. The van der Waals surface area contributed by atoms with E-state index in [1.165, 1.54) is 0 Å². The van der Waals surface area contributed by atoms with Crippen LogP contribution in [-0.2, 0) is 9.53 Å². The van der Waals surface area contributed by atoms with Crippen LogP contribution in [0.3, 0.4) is 0 Å². The molecule has 1 aliphatic rings. The van der Waals surface area contributed by atoms with E-state index in [2.05, 4.69) is 5.32 Å². The van der Waals surface area contributed by atoms with Crippen LogP contribution in [-0.4, -0.2) is 36.2 Å². The van der Waals surface area contributed by atoms with E-state index >= 15 is 0 Å². The van der Waals surface area contributed by atoms with Gasteiger partial charge in [-0.2, -0.15) is 0 Å². The van der Waals surface area contributed by atoms with Crippen molar-refractivity contribution in [3.05, 3.63) is 65.7 Å². The summed E-state index contributed by atoms with van der Waals surface area (Å²) in [7, 11) is 0. The highest BCUT2D eigenvalue weighted by molar-refractivity contribution is 5.94. The van der Waals surface area contributed by atoms with Gasteiger partial charge >= 0.3 is 5.97 Å². The zero-order valence-corrected chi connectivity index (χ0v) is 13.6. The summed E-state index contributed by atoms with van der Waals surface area (Å²) in [5, 5.41) is 11.6. The van der Waals surface area contributed by atoms with Crippen LogP contribution < -0.4 is 10.1 Å². The molecule has 1 saturated heterocycles. The first-order chi connectivity index (χ1) is 12.1. The van der Waals surface area contributed by atoms with Gasteiger partial charge in [-0.3, -0.25) is 4.79 Å². The van der Waals surface area contributed by atoms with Crippen LogP contribution in [0, 0.1) is 0 Å². The average molecular weight is 341 g/mol. The molecule has 0 radical (unpaired) electrons. The van der Waals surface area contributed by atoms with Gasteiger partial charge in [-0.1, -0.05) is 30.3 Å². The maximum Gasteiger partial charge on any atom is 0.341 e. The number of ether oxygens (including phenoxy) is 2. The molecule has 1 aliphatic heterocycles. The number of amides is 1. The van der Waals surface area contributed by atoms with Crippen molar-refractivity contribution >= 4 is 11.9 Å². The third-order valence-electron chi connectivity index (χ3n) is 4.02. The second kappa shape index (κ2) is 7.81. The number of benzene rings is 2. The summed E-state index contributed by atoms with van der Waals surface area (Å²) in [5.41, 5.74) is 1.53. The minimum atomic E-state index is -1.05. The van der Waals surface area contributed by atoms with Crippen LogP contribution in [0.4, 0.5) is 0 Å². The number of carboxylic acid groups (broad SMARTS) is 1. The monoisotopic (exact) mass is 341 g/mol. The molecule has 0 unspecified atom stereocenters. The number of carbonyl (C=O) groups is 2. The highest BCUT2D eigenvalue weighted by atomic mass is 16.5. The summed E-state index contributed by atoms with van der Waals surface area (Å²) in [6.45, 7) is 0.191. The van der Waals surface area contributed by atoms with Gasteiger partial charge in [0.1, 0.15) is 11.9 Å². The predicted octanol–water partition coefficient (Wildman–Crippen LogP) is 2.41. The Labute approximate surface area is 145 Å². The average Bonchev–Trinajstić information content (AvgIpc) is 3.09. The predicted molar refractivity (Wildman–Crippen MR) is 90.6 cm³/mol. The second-order valence-electron chi connectivity index (χ2n) is 5.78. The lowest BCUT2D eigenvalue weighted by atomic mass is 10.0. The number of rotatable bonds is 6. The minimum Gasteiger partial charge on any atom is -0.482 e. The standard InChI is InChI=1S/C19H19NO5/c21-17(22)12-25-15-8-6-14(7-9-15)19(23)20-16-10-11-24-18(16)13-4-2-1-3-5-13/h1-9,16,18H,10-12H2,(H,20,23)(H,21,22)/t16-,18+/m1/s1. The van der Waals surface area contributed by atoms with Crippen molar-refractivity contribution in [2.24, 2.45) is 0 Å². The Balaban J connectivity index is 1.62. The van der Waals surface area contributed by atoms with E-state index in [0.717, 1.165) is 12.0 Å². The molecule has 6 heteroatoms. The molecule has 2 aromatic carbocycles. The van der Waals surface area contributed by atoms with E-state index in [9.17, 15) is 9.59 Å². The first kappa shape index (κ1) is 17.0. The Hall–Kier alpha value is -2.86. The fourth-order valence-corrected chi connectivity index (χ4v) is 2.81. The van der Waals surface area contributed by atoms with Gasteiger partial charge in [0.2, 0.25) is 0 Å². The molecule has 25 heavy (non-hydrogen) atoms. The molecule has 6 nitrogen and oxygen atoms in total. The van der Waals surface area contributed by atoms with E-state index in [0.29, 0.717) is 17.9 Å². The number of hydrogen-bond acceptors (Lipinski definition) is 4. The van der Waals surface area contributed by atoms with Crippen molar-refractivity contribution in [1.29, 1.82) is 0 Å². The van der Waals surface area contributed by atoms with Gasteiger partial charge in [0.05, 0.1) is 6.04 Å². The van der Waals surface area contributed by atoms with Crippen molar-refractivity contribution in [2.75, 3.05) is 13.2 Å². The van der Waals surface area contributed by atoms with Crippen LogP contribution in [0.25, 0.3) is 0 Å². The first-order valence-electron chi connectivity index (χ1n) is 8.05. The van der Waals surface area contributed by atoms with E-state index in [4.69, 9.17) is 14.6 Å². The summed E-state index contributed by atoms with van der Waals surface area (Å²) in [4.78, 5) is 22.9. The lowest BCUT2D eigenvalue weighted by Crippen LogP contribution is -2.36. The van der Waals surface area contributed by atoms with Gasteiger partial charge in [-0.15, -0.1) is 0 Å². The van der Waals surface area contributed by atoms with Gasteiger partial charge < -0.3 is 19.9 Å². The number of hydrogen-bond donors (Lipinski definition) is 2. The highest BCUT2D eigenvalue weighted by Crippen LogP contribution is 2.29. The van der Waals surface area contributed by atoms with Gasteiger partial charge in [0.15, 0.2) is 6.61 Å². The fraction of sp³-hybridized carbons (Fsp3) is 0.263. The van der Waals surface area contributed by atoms with Crippen molar-refractivity contribution in [3.63, 3.8) is 0 Å². The third-order valence-corrected chi connectivity index (χ3v) is 4.02. The topological polar surface area (TPSA) is 84.9 Å². The number of nitrogens with one attached hydrogen (secondary N) is 1. The molecule has 0 aliphatic carbocycles. The smallest absolute Gasteiger partial charge is 0.341 e.